The lowest BCUT2D eigenvalue weighted by molar-refractivity contribution is 0.122. The van der Waals surface area contributed by atoms with E-state index in [9.17, 15) is 4.79 Å². The maximum atomic E-state index is 12.2. The molecule has 2 saturated heterocycles. The van der Waals surface area contributed by atoms with Crippen LogP contribution in [0.3, 0.4) is 0 Å². The average molecular weight is 486 g/mol. The highest BCUT2D eigenvalue weighted by Gasteiger charge is 2.33. The Labute approximate surface area is 203 Å². The topological polar surface area (TPSA) is 117 Å². The molecule has 2 N–H and O–H groups in total. The van der Waals surface area contributed by atoms with Crippen molar-refractivity contribution < 1.29 is 9.53 Å². The number of carbonyl (C=O) groups is 1. The Balaban J connectivity index is 1.32. The van der Waals surface area contributed by atoms with Crippen molar-refractivity contribution in [2.24, 2.45) is 0 Å². The van der Waals surface area contributed by atoms with Crippen LogP contribution in [0.25, 0.3) is 11.4 Å². The van der Waals surface area contributed by atoms with Crippen LogP contribution in [0.5, 0.6) is 0 Å². The van der Waals surface area contributed by atoms with Gasteiger partial charge in [-0.2, -0.15) is 0 Å². The van der Waals surface area contributed by atoms with Gasteiger partial charge in [0.25, 0.3) is 0 Å². The molecule has 0 saturated carbocycles. The first-order valence-electron chi connectivity index (χ1n) is 11.6. The summed E-state index contributed by atoms with van der Waals surface area (Å²) in [5.41, 5.74) is 7.52. The van der Waals surface area contributed by atoms with Gasteiger partial charge in [-0.25, -0.2) is 24.7 Å². The summed E-state index contributed by atoms with van der Waals surface area (Å²) in [5.74, 6) is 1.85. The van der Waals surface area contributed by atoms with Gasteiger partial charge >= 0.3 is 6.03 Å². The van der Waals surface area contributed by atoms with E-state index in [4.69, 9.17) is 20.4 Å². The van der Waals surface area contributed by atoms with Crippen molar-refractivity contribution in [1.82, 2.24) is 34.6 Å². The zero-order valence-corrected chi connectivity index (χ0v) is 20.5. The predicted molar refractivity (Wildman–Crippen MR) is 131 cm³/mol. The van der Waals surface area contributed by atoms with Gasteiger partial charge in [0.2, 0.25) is 5.95 Å². The van der Waals surface area contributed by atoms with Crippen LogP contribution in [-0.4, -0.2) is 119 Å². The summed E-state index contributed by atoms with van der Waals surface area (Å²) < 4.78 is 5.57. The van der Waals surface area contributed by atoms with E-state index in [0.29, 0.717) is 24.3 Å². The smallest absolute Gasteiger partial charge is 0.319 e. The zero-order valence-electron chi connectivity index (χ0n) is 19.7. The second kappa shape index (κ2) is 9.88. The fraction of sp³-hybridized carbons (Fsp3) is 0.591. The first kappa shape index (κ1) is 23.1. The molecular weight excluding hydrogens is 454 g/mol. The van der Waals surface area contributed by atoms with Gasteiger partial charge in [0.05, 0.1) is 29.4 Å². The van der Waals surface area contributed by atoms with E-state index in [1.807, 2.05) is 16.7 Å². The Bertz CT molecular complexity index is 1020. The number of piperazine rings is 1. The van der Waals surface area contributed by atoms with Crippen molar-refractivity contribution >= 4 is 29.6 Å². The molecule has 0 spiro atoms. The van der Waals surface area contributed by atoms with E-state index < -0.39 is 0 Å². The average Bonchev–Trinajstić information content (AvgIpc) is 3.26. The molecule has 0 aromatic carbocycles. The highest BCUT2D eigenvalue weighted by molar-refractivity contribution is 8.00. The van der Waals surface area contributed by atoms with Crippen molar-refractivity contribution in [3.8, 4) is 11.4 Å². The second-order valence-electron chi connectivity index (χ2n) is 8.98. The van der Waals surface area contributed by atoms with Gasteiger partial charge in [-0.3, -0.25) is 4.90 Å². The molecule has 2 amide bonds. The quantitative estimate of drug-likeness (QED) is 0.662. The standard InChI is InChI=1S/C22H31N9O2S/c1-28(2)22(32)31-5-3-29(4-6-31)14-16-11-17-18(34-16)20(30-7-9-33-10-8-30)27-19(26-17)15-12-24-21(23)25-13-15/h12-13,16H,3-11,14H2,1-2H3,(H2,23,24,25). The van der Waals surface area contributed by atoms with E-state index in [1.165, 1.54) is 4.90 Å². The van der Waals surface area contributed by atoms with Crippen LogP contribution in [0.4, 0.5) is 16.6 Å². The zero-order chi connectivity index (χ0) is 23.7. The van der Waals surface area contributed by atoms with Gasteiger partial charge < -0.3 is 25.2 Å². The summed E-state index contributed by atoms with van der Waals surface area (Å²) in [7, 11) is 3.61. The number of anilines is 2. The van der Waals surface area contributed by atoms with Crippen molar-refractivity contribution in [2.75, 3.05) is 83.8 Å². The normalized spacial score (nSPS) is 20.9. The molecule has 3 aliphatic heterocycles. The summed E-state index contributed by atoms with van der Waals surface area (Å²) in [6, 6.07) is 0.0897. The maximum absolute atomic E-state index is 12.2. The summed E-state index contributed by atoms with van der Waals surface area (Å²) in [5, 5.41) is 0.401. The fourth-order valence-corrected chi connectivity index (χ4v) is 5.94. The number of nitrogens with zero attached hydrogens (tertiary/aromatic N) is 8. The molecule has 1 unspecified atom stereocenters. The number of thioether (sulfide) groups is 1. The maximum Gasteiger partial charge on any atom is 0.319 e. The number of hydrogen-bond donors (Lipinski definition) is 1. The van der Waals surface area contributed by atoms with Crippen molar-refractivity contribution in [2.45, 2.75) is 16.6 Å². The number of aromatic nitrogens is 4. The third-order valence-corrected chi connectivity index (χ3v) is 7.65. The number of rotatable bonds is 4. The van der Waals surface area contributed by atoms with Gasteiger partial charge in [-0.1, -0.05) is 0 Å². The van der Waals surface area contributed by atoms with Crippen LogP contribution in [0.15, 0.2) is 17.3 Å². The van der Waals surface area contributed by atoms with E-state index >= 15 is 0 Å². The minimum absolute atomic E-state index is 0.0897. The van der Waals surface area contributed by atoms with Gasteiger partial charge in [0, 0.05) is 84.0 Å². The van der Waals surface area contributed by atoms with Crippen LogP contribution < -0.4 is 10.6 Å². The molecule has 5 rings (SSSR count). The molecule has 2 aromatic heterocycles. The molecule has 12 heteroatoms. The summed E-state index contributed by atoms with van der Waals surface area (Å²) >= 11 is 1.88. The number of fused-ring (bicyclic) bond motifs is 1. The lowest BCUT2D eigenvalue weighted by Crippen LogP contribution is -2.52. The number of nitrogens with two attached hydrogens (primary N) is 1. The monoisotopic (exact) mass is 485 g/mol. The highest BCUT2D eigenvalue weighted by Crippen LogP contribution is 2.43. The SMILES string of the molecule is CN(C)C(=O)N1CCN(CC2Cc3nc(-c4cnc(N)nc4)nc(N4CCOCC4)c3S2)CC1. The van der Waals surface area contributed by atoms with Crippen LogP contribution in [-0.2, 0) is 11.2 Å². The number of hydrogen-bond acceptors (Lipinski definition) is 10. The van der Waals surface area contributed by atoms with Gasteiger partial charge in [0.1, 0.15) is 5.82 Å². The van der Waals surface area contributed by atoms with Crippen molar-refractivity contribution in [1.29, 1.82) is 0 Å². The largest absolute Gasteiger partial charge is 0.378 e. The van der Waals surface area contributed by atoms with Gasteiger partial charge in [0.15, 0.2) is 5.82 Å². The Morgan fingerprint density at radius 3 is 2.50 bits per heavy atom. The molecule has 0 bridgehead atoms. The number of urea groups is 1. The lowest BCUT2D eigenvalue weighted by Gasteiger charge is -2.36. The minimum Gasteiger partial charge on any atom is -0.378 e. The Morgan fingerprint density at radius 2 is 1.82 bits per heavy atom. The molecule has 34 heavy (non-hydrogen) atoms. The van der Waals surface area contributed by atoms with E-state index in [2.05, 4.69) is 19.8 Å². The van der Waals surface area contributed by atoms with Crippen LogP contribution in [0.1, 0.15) is 5.69 Å². The van der Waals surface area contributed by atoms with Gasteiger partial charge in [-0.05, 0) is 0 Å². The Morgan fingerprint density at radius 1 is 1.12 bits per heavy atom. The number of carbonyl (C=O) groups excluding carboxylic acids is 1. The highest BCUT2D eigenvalue weighted by atomic mass is 32.2. The first-order valence-corrected chi connectivity index (χ1v) is 12.5. The van der Waals surface area contributed by atoms with Gasteiger partial charge in [-0.15, -0.1) is 11.8 Å². The molecule has 0 aliphatic carbocycles. The Hall–Kier alpha value is -2.70. The number of nitrogen functional groups attached to an aromatic ring is 1. The van der Waals surface area contributed by atoms with Crippen molar-refractivity contribution in [3.05, 3.63) is 18.1 Å². The fourth-order valence-electron chi connectivity index (χ4n) is 4.53. The molecule has 1 atom stereocenters. The lowest BCUT2D eigenvalue weighted by atomic mass is 10.2. The van der Waals surface area contributed by atoms with Crippen LogP contribution in [0, 0.1) is 0 Å². The van der Waals surface area contributed by atoms with E-state index in [0.717, 1.165) is 69.3 Å². The van der Waals surface area contributed by atoms with Crippen LogP contribution >= 0.6 is 11.8 Å². The molecule has 0 radical (unpaired) electrons. The molecular formula is C22H31N9O2S. The van der Waals surface area contributed by atoms with Crippen LogP contribution in [0.2, 0.25) is 0 Å². The number of ether oxygens (including phenoxy) is 1. The third kappa shape index (κ3) is 4.89. The molecule has 11 nitrogen and oxygen atoms in total. The summed E-state index contributed by atoms with van der Waals surface area (Å²) in [6.07, 6.45) is 4.25. The molecule has 182 valence electrons. The number of amides is 2. The van der Waals surface area contributed by atoms with E-state index in [1.54, 1.807) is 31.4 Å². The molecule has 3 aliphatic rings. The van der Waals surface area contributed by atoms with E-state index in [-0.39, 0.29) is 12.0 Å². The second-order valence-corrected chi connectivity index (χ2v) is 10.3. The molecule has 2 fully saturated rings. The first-order chi connectivity index (χ1) is 16.5. The van der Waals surface area contributed by atoms with Crippen molar-refractivity contribution in [3.63, 3.8) is 0 Å². The minimum atomic E-state index is 0.0897. The molecule has 2 aromatic rings. The molecule has 5 heterocycles. The summed E-state index contributed by atoms with van der Waals surface area (Å²) in [4.78, 5) is 39.9. The predicted octanol–water partition coefficient (Wildman–Crippen LogP) is 0.668. The third-order valence-electron chi connectivity index (χ3n) is 6.35. The Kier molecular flexibility index (Phi) is 6.70. The summed E-state index contributed by atoms with van der Waals surface area (Å²) in [6.45, 7) is 7.30. The number of morpholine rings is 1.